The fourth-order valence-electron chi connectivity index (χ4n) is 0.428. The summed E-state index contributed by atoms with van der Waals surface area (Å²) in [5, 5.41) is 0. The van der Waals surface area contributed by atoms with E-state index in [9.17, 15) is 0 Å². The van der Waals surface area contributed by atoms with Crippen molar-refractivity contribution in [3.8, 4) is 0 Å². The summed E-state index contributed by atoms with van der Waals surface area (Å²) in [7, 11) is -3.93. The molecule has 0 rings (SSSR count). The normalized spacial score (nSPS) is 9.57. The van der Waals surface area contributed by atoms with Crippen LogP contribution in [0.5, 0.6) is 0 Å². The largest absolute Gasteiger partial charge is 0.692 e. The van der Waals surface area contributed by atoms with Crippen LogP contribution in [0.2, 0.25) is 0 Å². The van der Waals surface area contributed by atoms with Crippen LogP contribution in [0.25, 0.3) is 0 Å². The van der Waals surface area contributed by atoms with Gasteiger partial charge >= 0.3 is 16.9 Å². The van der Waals surface area contributed by atoms with Crippen molar-refractivity contribution in [1.82, 2.24) is 0 Å². The summed E-state index contributed by atoms with van der Waals surface area (Å²) in [6, 6.07) is 0. The molecule has 0 aromatic carbocycles. The molecule has 8 heteroatoms. The smallest absolute Gasteiger partial charge is 0.313 e. The van der Waals surface area contributed by atoms with Crippen LogP contribution in [-0.2, 0) is 18.1 Å². The molecule has 14 heavy (non-hydrogen) atoms. The molecule has 86 valence electrons. The molecule has 2 N–H and O–H groups in total. The SMILES string of the molecule is CCOP(OCC)OCC.O=[P+](O)O. The predicted octanol–water partition coefficient (Wildman–Crippen LogP) is 1.95. The molecule has 0 fully saturated rings. The first-order valence-corrected chi connectivity index (χ1v) is 6.38. The molecule has 0 saturated heterocycles. The topological polar surface area (TPSA) is 85.2 Å². The molecule has 0 aliphatic heterocycles. The van der Waals surface area contributed by atoms with Crippen molar-refractivity contribution in [3.63, 3.8) is 0 Å². The van der Waals surface area contributed by atoms with E-state index in [4.69, 9.17) is 27.9 Å². The Labute approximate surface area is 86.1 Å². The van der Waals surface area contributed by atoms with Crippen molar-refractivity contribution in [2.45, 2.75) is 20.8 Å². The van der Waals surface area contributed by atoms with Crippen LogP contribution in [0.3, 0.4) is 0 Å². The Hall–Kier alpha value is 0.330. The van der Waals surface area contributed by atoms with E-state index in [1.165, 1.54) is 0 Å². The Balaban J connectivity index is 0. The Morgan fingerprint density at radius 2 is 1.21 bits per heavy atom. The lowest BCUT2D eigenvalue weighted by Gasteiger charge is -2.12. The molecule has 0 aliphatic rings. The monoisotopic (exact) mass is 247 g/mol. The molecule has 0 heterocycles. The molecule has 0 aromatic heterocycles. The fourth-order valence-corrected chi connectivity index (χ4v) is 1.28. The van der Waals surface area contributed by atoms with Crippen LogP contribution in [0.1, 0.15) is 20.8 Å². The van der Waals surface area contributed by atoms with Crippen LogP contribution in [0.15, 0.2) is 0 Å². The Morgan fingerprint density at radius 1 is 1.00 bits per heavy atom. The fraction of sp³-hybridized carbons (Fsp3) is 1.00. The summed E-state index contributed by atoms with van der Waals surface area (Å²) in [5.74, 6) is 0. The first-order valence-electron chi connectivity index (χ1n) is 4.12. The van der Waals surface area contributed by atoms with Gasteiger partial charge in [-0.15, -0.1) is 9.79 Å². The minimum atomic E-state index is -2.87. The molecule has 0 aliphatic carbocycles. The van der Waals surface area contributed by atoms with E-state index in [-0.39, 0.29) is 0 Å². The second-order valence-electron chi connectivity index (χ2n) is 1.73. The van der Waals surface area contributed by atoms with Crippen LogP contribution < -0.4 is 0 Å². The van der Waals surface area contributed by atoms with Gasteiger partial charge in [-0.25, -0.2) is 0 Å². The van der Waals surface area contributed by atoms with Crippen LogP contribution in [0.4, 0.5) is 0 Å². The summed E-state index contributed by atoms with van der Waals surface area (Å²) in [6.07, 6.45) is 0. The molecule has 0 aromatic rings. The van der Waals surface area contributed by atoms with Crippen molar-refractivity contribution in [1.29, 1.82) is 0 Å². The molecule has 0 unspecified atom stereocenters. The summed E-state index contributed by atoms with van der Waals surface area (Å²) >= 11 is 0. The number of hydrogen-bond donors (Lipinski definition) is 2. The second kappa shape index (κ2) is 13.3. The number of rotatable bonds is 6. The third-order valence-corrected chi connectivity index (χ3v) is 2.11. The lowest BCUT2D eigenvalue weighted by Crippen LogP contribution is -1.94. The van der Waals surface area contributed by atoms with Gasteiger partial charge in [-0.2, -0.15) is 0 Å². The highest BCUT2D eigenvalue weighted by atomic mass is 31.2. The van der Waals surface area contributed by atoms with Gasteiger partial charge in [0.05, 0.1) is 19.8 Å². The highest BCUT2D eigenvalue weighted by Gasteiger charge is 2.07. The maximum atomic E-state index is 8.70. The molecular formula is C6H17O6P2+. The minimum absolute atomic E-state index is 0.645. The van der Waals surface area contributed by atoms with Crippen LogP contribution in [0, 0.1) is 0 Å². The summed E-state index contributed by atoms with van der Waals surface area (Å²) < 4.78 is 24.1. The van der Waals surface area contributed by atoms with E-state index in [1.807, 2.05) is 20.8 Å². The van der Waals surface area contributed by atoms with Gasteiger partial charge in [-0.3, -0.25) is 0 Å². The first kappa shape index (κ1) is 16.7. The van der Waals surface area contributed by atoms with Gasteiger partial charge in [0.2, 0.25) is 0 Å². The van der Waals surface area contributed by atoms with Crippen LogP contribution >= 0.6 is 16.9 Å². The number of hydrogen-bond acceptors (Lipinski definition) is 4. The zero-order chi connectivity index (χ0) is 11.4. The Bertz CT molecular complexity index is 115. The highest BCUT2D eigenvalue weighted by molar-refractivity contribution is 7.41. The van der Waals surface area contributed by atoms with E-state index < -0.39 is 16.9 Å². The third-order valence-electron chi connectivity index (χ3n) is 0.704. The molecule has 0 spiro atoms. The van der Waals surface area contributed by atoms with Gasteiger partial charge in [0.25, 0.3) is 0 Å². The van der Waals surface area contributed by atoms with E-state index in [2.05, 4.69) is 0 Å². The molecule has 0 atom stereocenters. The summed E-state index contributed by atoms with van der Waals surface area (Å²) in [5.41, 5.74) is 0. The van der Waals surface area contributed by atoms with Gasteiger partial charge in [-0.05, 0) is 20.8 Å². The average Bonchev–Trinajstić information content (AvgIpc) is 2.04. The van der Waals surface area contributed by atoms with Gasteiger partial charge in [-0.1, -0.05) is 0 Å². The van der Waals surface area contributed by atoms with E-state index in [0.29, 0.717) is 19.8 Å². The maximum absolute atomic E-state index is 8.70. The second-order valence-corrected chi connectivity index (χ2v) is 3.46. The molecule has 0 radical (unpaired) electrons. The maximum Gasteiger partial charge on any atom is 0.692 e. The van der Waals surface area contributed by atoms with E-state index >= 15 is 0 Å². The quantitative estimate of drug-likeness (QED) is 0.698. The van der Waals surface area contributed by atoms with Gasteiger partial charge in [0, 0.05) is 4.57 Å². The Kier molecular flexibility index (Phi) is 15.9. The van der Waals surface area contributed by atoms with Crippen LogP contribution in [-0.4, -0.2) is 29.6 Å². The lowest BCUT2D eigenvalue weighted by molar-refractivity contribution is 0.176. The van der Waals surface area contributed by atoms with Crippen molar-refractivity contribution in [3.05, 3.63) is 0 Å². The summed E-state index contributed by atoms with van der Waals surface area (Å²) in [4.78, 5) is 14.2. The van der Waals surface area contributed by atoms with E-state index in [1.54, 1.807) is 0 Å². The first-order chi connectivity index (χ1) is 6.58. The Morgan fingerprint density at radius 3 is 1.36 bits per heavy atom. The van der Waals surface area contributed by atoms with Crippen molar-refractivity contribution in [2.24, 2.45) is 0 Å². The van der Waals surface area contributed by atoms with Gasteiger partial charge in [0.15, 0.2) is 0 Å². The molecule has 0 saturated carbocycles. The molecule has 0 bridgehead atoms. The van der Waals surface area contributed by atoms with Gasteiger partial charge in [0.1, 0.15) is 0 Å². The highest BCUT2D eigenvalue weighted by Crippen LogP contribution is 2.38. The minimum Gasteiger partial charge on any atom is -0.313 e. The molecular weight excluding hydrogens is 230 g/mol. The summed E-state index contributed by atoms with van der Waals surface area (Å²) in [6.45, 7) is 7.71. The van der Waals surface area contributed by atoms with Crippen molar-refractivity contribution < 1.29 is 27.9 Å². The lowest BCUT2D eigenvalue weighted by atomic mass is 10.9. The van der Waals surface area contributed by atoms with E-state index in [0.717, 1.165) is 0 Å². The van der Waals surface area contributed by atoms with Crippen molar-refractivity contribution >= 4 is 16.9 Å². The zero-order valence-electron chi connectivity index (χ0n) is 8.54. The standard InChI is InChI=1S/C6H15O3P.HO3P/c1-4-7-10(8-5-2)9-6-3;1-4(2)3/h4-6H2,1-3H3;(H-,1,2,3)/p+1. The molecule has 6 nitrogen and oxygen atoms in total. The predicted molar refractivity (Wildman–Crippen MR) is 53.8 cm³/mol. The van der Waals surface area contributed by atoms with Gasteiger partial charge < -0.3 is 13.6 Å². The third kappa shape index (κ3) is 18.2. The van der Waals surface area contributed by atoms with Crippen molar-refractivity contribution in [2.75, 3.05) is 19.8 Å². The average molecular weight is 247 g/mol. The zero-order valence-corrected chi connectivity index (χ0v) is 10.3. The molecule has 0 amide bonds.